The van der Waals surface area contributed by atoms with E-state index < -0.39 is 0 Å². The lowest BCUT2D eigenvalue weighted by Gasteiger charge is -2.19. The molecule has 0 radical (unpaired) electrons. The fourth-order valence-electron chi connectivity index (χ4n) is 3.69. The quantitative estimate of drug-likeness (QED) is 0.372. The number of benzene rings is 2. The Balaban J connectivity index is 1.80. The molecule has 0 fully saturated rings. The van der Waals surface area contributed by atoms with Gasteiger partial charge in [-0.05, 0) is 32.0 Å². The standard InChI is InChI=1S/C24H22Cl2N4O/c1-4-30-15(2)16(13-27-30)14-29(3)24(31)19-12-22(18-8-5-6-10-20(18)25)28-23-17(19)9-7-11-21(23)26/h5-13H,4,14H2,1-3H3. The van der Waals surface area contributed by atoms with Gasteiger partial charge >= 0.3 is 0 Å². The minimum Gasteiger partial charge on any atom is -0.337 e. The Labute approximate surface area is 191 Å². The van der Waals surface area contributed by atoms with Crippen molar-refractivity contribution in [2.24, 2.45) is 0 Å². The molecule has 0 spiro atoms. The minimum atomic E-state index is -0.119. The number of hydrogen-bond acceptors (Lipinski definition) is 3. The fraction of sp³-hybridized carbons (Fsp3) is 0.208. The van der Waals surface area contributed by atoms with Crippen LogP contribution in [0.1, 0.15) is 28.5 Å². The molecule has 1 amide bonds. The molecule has 158 valence electrons. The smallest absolute Gasteiger partial charge is 0.254 e. The van der Waals surface area contributed by atoms with Gasteiger partial charge in [-0.15, -0.1) is 0 Å². The van der Waals surface area contributed by atoms with Crippen LogP contribution in [0.15, 0.2) is 54.7 Å². The maximum absolute atomic E-state index is 13.5. The zero-order chi connectivity index (χ0) is 22.1. The monoisotopic (exact) mass is 452 g/mol. The van der Waals surface area contributed by atoms with Crippen molar-refractivity contribution in [1.82, 2.24) is 19.7 Å². The molecule has 0 N–H and O–H groups in total. The van der Waals surface area contributed by atoms with Crippen molar-refractivity contribution in [3.8, 4) is 11.3 Å². The molecule has 5 nitrogen and oxygen atoms in total. The summed E-state index contributed by atoms with van der Waals surface area (Å²) < 4.78 is 1.92. The van der Waals surface area contributed by atoms with E-state index in [1.165, 1.54) is 0 Å². The van der Waals surface area contributed by atoms with Crippen molar-refractivity contribution in [2.75, 3.05) is 7.05 Å². The number of aromatic nitrogens is 3. The third-order valence-corrected chi connectivity index (χ3v) is 6.06. The molecule has 4 aromatic rings. The normalized spacial score (nSPS) is 11.1. The van der Waals surface area contributed by atoms with E-state index in [0.717, 1.165) is 23.4 Å². The summed E-state index contributed by atoms with van der Waals surface area (Å²) in [7, 11) is 1.79. The second-order valence-corrected chi connectivity index (χ2v) is 8.22. The van der Waals surface area contributed by atoms with E-state index in [2.05, 4.69) is 5.10 Å². The maximum Gasteiger partial charge on any atom is 0.254 e. The highest BCUT2D eigenvalue weighted by Gasteiger charge is 2.20. The molecular formula is C24H22Cl2N4O. The summed E-state index contributed by atoms with van der Waals surface area (Å²) in [6.45, 7) is 5.30. The van der Waals surface area contributed by atoms with Gasteiger partial charge in [-0.1, -0.05) is 53.5 Å². The second kappa shape index (κ2) is 8.69. The molecule has 0 aliphatic rings. The minimum absolute atomic E-state index is 0.119. The molecule has 31 heavy (non-hydrogen) atoms. The lowest BCUT2D eigenvalue weighted by molar-refractivity contribution is 0.0787. The number of para-hydroxylation sites is 1. The van der Waals surface area contributed by atoms with E-state index in [0.29, 0.717) is 38.8 Å². The predicted molar refractivity (Wildman–Crippen MR) is 126 cm³/mol. The first-order valence-electron chi connectivity index (χ1n) is 10.0. The SMILES string of the molecule is CCn1ncc(CN(C)C(=O)c2cc(-c3ccccc3Cl)nc3c(Cl)cccc23)c1C. The van der Waals surface area contributed by atoms with Gasteiger partial charge in [0.15, 0.2) is 0 Å². The lowest BCUT2D eigenvalue weighted by atomic mass is 10.0. The van der Waals surface area contributed by atoms with Crippen molar-refractivity contribution in [2.45, 2.75) is 26.9 Å². The summed E-state index contributed by atoms with van der Waals surface area (Å²) in [6.07, 6.45) is 1.82. The van der Waals surface area contributed by atoms with Crippen LogP contribution in [-0.2, 0) is 13.1 Å². The van der Waals surface area contributed by atoms with E-state index in [9.17, 15) is 4.79 Å². The van der Waals surface area contributed by atoms with Gasteiger partial charge in [0.1, 0.15) is 0 Å². The Bertz CT molecular complexity index is 1280. The highest BCUT2D eigenvalue weighted by molar-refractivity contribution is 6.36. The van der Waals surface area contributed by atoms with E-state index in [1.54, 1.807) is 30.1 Å². The van der Waals surface area contributed by atoms with Crippen LogP contribution in [0.3, 0.4) is 0 Å². The molecule has 0 saturated carbocycles. The van der Waals surface area contributed by atoms with Crippen LogP contribution in [0.5, 0.6) is 0 Å². The van der Waals surface area contributed by atoms with Crippen molar-refractivity contribution in [3.63, 3.8) is 0 Å². The van der Waals surface area contributed by atoms with Crippen molar-refractivity contribution < 1.29 is 4.79 Å². The summed E-state index contributed by atoms with van der Waals surface area (Å²) in [5.74, 6) is -0.119. The van der Waals surface area contributed by atoms with E-state index in [1.807, 2.05) is 55.1 Å². The molecule has 2 heterocycles. The summed E-state index contributed by atoms with van der Waals surface area (Å²) in [5.41, 5.74) is 4.54. The van der Waals surface area contributed by atoms with Crippen LogP contribution in [0.4, 0.5) is 0 Å². The summed E-state index contributed by atoms with van der Waals surface area (Å²) in [5, 5.41) is 6.14. The van der Waals surface area contributed by atoms with Crippen LogP contribution < -0.4 is 0 Å². The van der Waals surface area contributed by atoms with Crippen molar-refractivity contribution in [3.05, 3.63) is 81.6 Å². The first-order chi connectivity index (χ1) is 14.9. The number of hydrogen-bond donors (Lipinski definition) is 0. The van der Waals surface area contributed by atoms with Gasteiger partial charge in [0.25, 0.3) is 5.91 Å². The highest BCUT2D eigenvalue weighted by atomic mass is 35.5. The van der Waals surface area contributed by atoms with E-state index in [4.69, 9.17) is 28.2 Å². The average molecular weight is 453 g/mol. The molecule has 2 aromatic heterocycles. The summed E-state index contributed by atoms with van der Waals surface area (Å²) >= 11 is 12.9. The number of carbonyl (C=O) groups is 1. The number of nitrogens with zero attached hydrogens (tertiary/aromatic N) is 4. The first kappa shape index (κ1) is 21.3. The largest absolute Gasteiger partial charge is 0.337 e. The number of halogens is 2. The van der Waals surface area contributed by atoms with Crippen LogP contribution in [0, 0.1) is 6.92 Å². The molecule has 0 atom stereocenters. The molecule has 0 aliphatic heterocycles. The molecule has 0 aliphatic carbocycles. The summed E-state index contributed by atoms with van der Waals surface area (Å²) in [6, 6.07) is 14.7. The van der Waals surface area contributed by atoms with Crippen LogP contribution in [0.2, 0.25) is 10.0 Å². The maximum atomic E-state index is 13.5. The third-order valence-electron chi connectivity index (χ3n) is 5.43. The lowest BCUT2D eigenvalue weighted by Crippen LogP contribution is -2.26. The van der Waals surface area contributed by atoms with Gasteiger partial charge in [0.05, 0.1) is 28.0 Å². The van der Waals surface area contributed by atoms with E-state index in [-0.39, 0.29) is 5.91 Å². The van der Waals surface area contributed by atoms with Gasteiger partial charge in [0, 0.05) is 47.4 Å². The van der Waals surface area contributed by atoms with Gasteiger partial charge in [-0.3, -0.25) is 9.48 Å². The molecule has 2 aromatic carbocycles. The Hall–Kier alpha value is -2.89. The van der Waals surface area contributed by atoms with Crippen molar-refractivity contribution >= 4 is 40.0 Å². The first-order valence-corrected chi connectivity index (χ1v) is 10.8. The third kappa shape index (κ3) is 4.03. The molecule has 0 saturated heterocycles. The van der Waals surface area contributed by atoms with Crippen LogP contribution in [0.25, 0.3) is 22.2 Å². The zero-order valence-electron chi connectivity index (χ0n) is 17.6. The number of fused-ring (bicyclic) bond motifs is 1. The topological polar surface area (TPSA) is 51.0 Å². The Morgan fingerprint density at radius 1 is 1.10 bits per heavy atom. The average Bonchev–Trinajstić information content (AvgIpc) is 3.12. The Morgan fingerprint density at radius 3 is 2.55 bits per heavy atom. The number of carbonyl (C=O) groups excluding carboxylic acids is 1. The molecule has 0 unspecified atom stereocenters. The number of pyridine rings is 1. The zero-order valence-corrected chi connectivity index (χ0v) is 19.1. The number of aryl methyl sites for hydroxylation is 1. The molecule has 4 rings (SSSR count). The number of amides is 1. The number of rotatable bonds is 5. The van der Waals surface area contributed by atoms with Gasteiger partial charge < -0.3 is 4.90 Å². The van der Waals surface area contributed by atoms with Gasteiger partial charge in [0.2, 0.25) is 0 Å². The van der Waals surface area contributed by atoms with E-state index >= 15 is 0 Å². The fourth-order valence-corrected chi connectivity index (χ4v) is 4.14. The Kier molecular flexibility index (Phi) is 5.99. The molecular weight excluding hydrogens is 431 g/mol. The predicted octanol–water partition coefficient (Wildman–Crippen LogP) is 6.01. The highest BCUT2D eigenvalue weighted by Crippen LogP contribution is 2.32. The second-order valence-electron chi connectivity index (χ2n) is 7.40. The van der Waals surface area contributed by atoms with Crippen LogP contribution in [-0.4, -0.2) is 32.6 Å². The van der Waals surface area contributed by atoms with Gasteiger partial charge in [-0.25, -0.2) is 4.98 Å². The summed E-state index contributed by atoms with van der Waals surface area (Å²) in [4.78, 5) is 19.9. The molecule has 7 heteroatoms. The van der Waals surface area contributed by atoms with Crippen molar-refractivity contribution in [1.29, 1.82) is 0 Å². The molecule has 0 bridgehead atoms. The van der Waals surface area contributed by atoms with Gasteiger partial charge in [-0.2, -0.15) is 5.10 Å². The van der Waals surface area contributed by atoms with Crippen LogP contribution >= 0.6 is 23.2 Å². The Morgan fingerprint density at radius 2 is 1.84 bits per heavy atom.